The van der Waals surface area contributed by atoms with Gasteiger partial charge in [-0.2, -0.15) is 0 Å². The smallest absolute Gasteiger partial charge is 0.163 e. The first-order chi connectivity index (χ1) is 8.59. The summed E-state index contributed by atoms with van der Waals surface area (Å²) in [5.41, 5.74) is 2.74. The fraction of sp³-hybridized carbons (Fsp3) is 0.357. The van der Waals surface area contributed by atoms with E-state index in [1.807, 2.05) is 30.7 Å². The Bertz CT molecular complexity index is 655. The number of nitrogens with zero attached hydrogens (tertiary/aromatic N) is 1. The van der Waals surface area contributed by atoms with E-state index in [2.05, 4.69) is 0 Å². The van der Waals surface area contributed by atoms with E-state index in [0.717, 1.165) is 33.7 Å². The van der Waals surface area contributed by atoms with Gasteiger partial charge in [0, 0.05) is 29.8 Å². The number of aromatic nitrogens is 1. The summed E-state index contributed by atoms with van der Waals surface area (Å²) in [7, 11) is 1.96. The Labute approximate surface area is 105 Å². The van der Waals surface area contributed by atoms with Gasteiger partial charge in [0.2, 0.25) is 0 Å². The van der Waals surface area contributed by atoms with Crippen molar-refractivity contribution in [2.24, 2.45) is 7.05 Å². The number of aryl methyl sites for hydroxylation is 1. The third-order valence-corrected chi connectivity index (χ3v) is 3.51. The fourth-order valence-electron chi connectivity index (χ4n) is 2.54. The quantitative estimate of drug-likeness (QED) is 0.725. The molecule has 2 aromatic rings. The van der Waals surface area contributed by atoms with Crippen LogP contribution in [0, 0.1) is 6.92 Å². The van der Waals surface area contributed by atoms with Crippen LogP contribution >= 0.6 is 0 Å². The summed E-state index contributed by atoms with van der Waals surface area (Å²) in [6.07, 6.45) is 0. The summed E-state index contributed by atoms with van der Waals surface area (Å²) in [6.45, 7) is 4.68. The predicted octanol–water partition coefficient (Wildman–Crippen LogP) is 2.46. The summed E-state index contributed by atoms with van der Waals surface area (Å²) in [4.78, 5) is 11.8. The molecule has 4 heteroatoms. The van der Waals surface area contributed by atoms with Gasteiger partial charge in [-0.25, -0.2) is 0 Å². The van der Waals surface area contributed by atoms with E-state index in [1.54, 1.807) is 6.92 Å². The number of rotatable bonds is 1. The minimum Gasteiger partial charge on any atom is -0.486 e. The van der Waals surface area contributed by atoms with Gasteiger partial charge in [-0.3, -0.25) is 4.79 Å². The van der Waals surface area contributed by atoms with Gasteiger partial charge in [0.1, 0.15) is 13.2 Å². The van der Waals surface area contributed by atoms with Crippen molar-refractivity contribution < 1.29 is 14.3 Å². The molecule has 18 heavy (non-hydrogen) atoms. The molecule has 0 unspecified atom stereocenters. The van der Waals surface area contributed by atoms with Crippen molar-refractivity contribution in [1.29, 1.82) is 0 Å². The topological polar surface area (TPSA) is 40.5 Å². The Balaban J connectivity index is 2.37. The van der Waals surface area contributed by atoms with Crippen molar-refractivity contribution in [1.82, 2.24) is 4.57 Å². The van der Waals surface area contributed by atoms with E-state index in [-0.39, 0.29) is 5.78 Å². The molecular weight excluding hydrogens is 230 g/mol. The lowest BCUT2D eigenvalue weighted by Gasteiger charge is -2.18. The summed E-state index contributed by atoms with van der Waals surface area (Å²) in [5, 5.41) is 0.937. The first-order valence-corrected chi connectivity index (χ1v) is 5.99. The first-order valence-electron chi connectivity index (χ1n) is 5.99. The highest BCUT2D eigenvalue weighted by Gasteiger charge is 2.20. The number of ether oxygens (including phenoxy) is 2. The fourth-order valence-corrected chi connectivity index (χ4v) is 2.54. The van der Waals surface area contributed by atoms with Crippen molar-refractivity contribution in [2.45, 2.75) is 13.8 Å². The highest BCUT2D eigenvalue weighted by Crippen LogP contribution is 2.37. The summed E-state index contributed by atoms with van der Waals surface area (Å²) in [5.74, 6) is 1.56. The number of hydrogen-bond acceptors (Lipinski definition) is 3. The maximum Gasteiger partial charge on any atom is 0.163 e. The molecule has 4 nitrogen and oxygen atoms in total. The molecule has 0 atom stereocenters. The third kappa shape index (κ3) is 1.41. The minimum atomic E-state index is 0.0785. The van der Waals surface area contributed by atoms with Gasteiger partial charge in [-0.15, -0.1) is 0 Å². The normalized spacial score (nSPS) is 13.9. The van der Waals surface area contributed by atoms with Gasteiger partial charge < -0.3 is 14.0 Å². The molecule has 0 radical (unpaired) electrons. The minimum absolute atomic E-state index is 0.0785. The van der Waals surface area contributed by atoms with Crippen molar-refractivity contribution in [3.8, 4) is 11.5 Å². The number of carbonyl (C=O) groups is 1. The number of hydrogen-bond donors (Lipinski definition) is 0. The molecule has 94 valence electrons. The van der Waals surface area contributed by atoms with Crippen molar-refractivity contribution in [3.05, 3.63) is 23.4 Å². The number of ketones is 1. The van der Waals surface area contributed by atoms with Crippen LogP contribution in [0.4, 0.5) is 0 Å². The summed E-state index contributed by atoms with van der Waals surface area (Å²) in [6, 6.07) is 3.86. The van der Waals surface area contributed by atoms with Gasteiger partial charge >= 0.3 is 0 Å². The molecular formula is C14H15NO3. The Kier molecular flexibility index (Phi) is 2.33. The van der Waals surface area contributed by atoms with Crippen LogP contribution in [-0.4, -0.2) is 23.6 Å². The van der Waals surface area contributed by atoms with E-state index in [9.17, 15) is 4.79 Å². The lowest BCUT2D eigenvalue weighted by molar-refractivity contribution is 0.101. The molecule has 1 aliphatic heterocycles. The predicted molar refractivity (Wildman–Crippen MR) is 68.7 cm³/mol. The van der Waals surface area contributed by atoms with Crippen LogP contribution in [0.2, 0.25) is 0 Å². The van der Waals surface area contributed by atoms with Crippen molar-refractivity contribution in [2.75, 3.05) is 13.2 Å². The average Bonchev–Trinajstić information content (AvgIpc) is 2.59. The Morgan fingerprint density at radius 1 is 1.22 bits per heavy atom. The highest BCUT2D eigenvalue weighted by molar-refractivity contribution is 6.09. The number of carbonyl (C=O) groups excluding carboxylic acids is 1. The molecule has 1 aliphatic rings. The monoisotopic (exact) mass is 245 g/mol. The lowest BCUT2D eigenvalue weighted by Crippen LogP contribution is -2.15. The van der Waals surface area contributed by atoms with Crippen LogP contribution in [0.3, 0.4) is 0 Å². The van der Waals surface area contributed by atoms with E-state index < -0.39 is 0 Å². The van der Waals surface area contributed by atoms with Crippen LogP contribution in [0.25, 0.3) is 10.9 Å². The molecule has 0 N–H and O–H groups in total. The molecule has 3 rings (SSSR count). The molecule has 0 aliphatic carbocycles. The molecule has 0 saturated heterocycles. The van der Waals surface area contributed by atoms with E-state index in [1.165, 1.54) is 0 Å². The second-order valence-corrected chi connectivity index (χ2v) is 4.59. The SMILES string of the molecule is CC(=O)c1c(C)n(C)c2cc3c(cc12)OCCO3. The van der Waals surface area contributed by atoms with Crippen LogP contribution in [0.15, 0.2) is 12.1 Å². The molecule has 2 heterocycles. The molecule has 0 saturated carbocycles. The summed E-state index contributed by atoms with van der Waals surface area (Å²) < 4.78 is 13.2. The molecule has 0 fully saturated rings. The van der Waals surface area contributed by atoms with E-state index >= 15 is 0 Å². The molecule has 0 amide bonds. The molecule has 0 bridgehead atoms. The standard InChI is InChI=1S/C14H15NO3/c1-8-14(9(2)16)10-6-12-13(18-5-4-17-12)7-11(10)15(8)3/h6-7H,4-5H2,1-3H3. The summed E-state index contributed by atoms with van der Waals surface area (Å²) >= 11 is 0. The van der Waals surface area contributed by atoms with E-state index in [4.69, 9.17) is 9.47 Å². The van der Waals surface area contributed by atoms with Gasteiger partial charge in [0.15, 0.2) is 17.3 Å². The molecule has 1 aromatic carbocycles. The first kappa shape index (κ1) is 11.1. The third-order valence-electron chi connectivity index (χ3n) is 3.51. The molecule has 1 aromatic heterocycles. The van der Waals surface area contributed by atoms with E-state index in [0.29, 0.717) is 13.2 Å². The van der Waals surface area contributed by atoms with Gasteiger partial charge in [0.05, 0.1) is 5.52 Å². The van der Waals surface area contributed by atoms with Gasteiger partial charge in [-0.1, -0.05) is 0 Å². The maximum atomic E-state index is 11.8. The van der Waals surface area contributed by atoms with Crippen LogP contribution in [-0.2, 0) is 7.05 Å². The number of fused-ring (bicyclic) bond motifs is 2. The zero-order chi connectivity index (χ0) is 12.9. The van der Waals surface area contributed by atoms with Crippen LogP contribution in [0.1, 0.15) is 23.0 Å². The zero-order valence-corrected chi connectivity index (χ0v) is 10.7. The Hall–Kier alpha value is -1.97. The number of Topliss-reactive ketones (excluding diaryl/α,β-unsaturated/α-hetero) is 1. The second kappa shape index (κ2) is 3.77. The van der Waals surface area contributed by atoms with Crippen molar-refractivity contribution >= 4 is 16.7 Å². The Morgan fingerprint density at radius 2 is 1.83 bits per heavy atom. The average molecular weight is 245 g/mol. The second-order valence-electron chi connectivity index (χ2n) is 4.59. The maximum absolute atomic E-state index is 11.8. The number of benzene rings is 1. The highest BCUT2D eigenvalue weighted by atomic mass is 16.6. The largest absolute Gasteiger partial charge is 0.486 e. The molecule has 0 spiro atoms. The Morgan fingerprint density at radius 3 is 2.44 bits per heavy atom. The van der Waals surface area contributed by atoms with Crippen molar-refractivity contribution in [3.63, 3.8) is 0 Å². The zero-order valence-electron chi connectivity index (χ0n) is 10.7. The lowest BCUT2D eigenvalue weighted by atomic mass is 10.1. The van der Waals surface area contributed by atoms with Gasteiger partial charge in [-0.05, 0) is 19.9 Å². The van der Waals surface area contributed by atoms with Crippen LogP contribution < -0.4 is 9.47 Å². The van der Waals surface area contributed by atoms with Crippen LogP contribution in [0.5, 0.6) is 11.5 Å². The van der Waals surface area contributed by atoms with Gasteiger partial charge in [0.25, 0.3) is 0 Å².